The van der Waals surface area contributed by atoms with Crippen molar-refractivity contribution in [1.29, 1.82) is 0 Å². The molecule has 188 valence electrons. The van der Waals surface area contributed by atoms with Crippen LogP contribution in [0.1, 0.15) is 53.4 Å². The Morgan fingerprint density at radius 3 is 2.33 bits per heavy atom. The maximum atomic E-state index is 13.8. The van der Waals surface area contributed by atoms with Crippen molar-refractivity contribution < 1.29 is 18.7 Å². The molecule has 1 saturated carbocycles. The molecule has 0 spiro atoms. The van der Waals surface area contributed by atoms with Crippen LogP contribution in [-0.4, -0.2) is 49.1 Å². The van der Waals surface area contributed by atoms with Crippen LogP contribution in [0, 0.1) is 0 Å². The van der Waals surface area contributed by atoms with Crippen molar-refractivity contribution in [2.24, 2.45) is 0 Å². The molecule has 1 aromatic heterocycles. The zero-order valence-electron chi connectivity index (χ0n) is 20.5. The summed E-state index contributed by atoms with van der Waals surface area (Å²) in [7, 11) is 0. The lowest BCUT2D eigenvalue weighted by Gasteiger charge is -2.33. The van der Waals surface area contributed by atoms with E-state index in [0.29, 0.717) is 13.2 Å². The van der Waals surface area contributed by atoms with Crippen LogP contribution in [-0.2, 0) is 16.1 Å². The zero-order chi connectivity index (χ0) is 24.7. The zero-order valence-corrected chi connectivity index (χ0v) is 20.5. The van der Waals surface area contributed by atoms with E-state index >= 15 is 0 Å². The third kappa shape index (κ3) is 5.62. The summed E-state index contributed by atoms with van der Waals surface area (Å²) in [5.41, 5.74) is 2.81. The molecule has 2 heterocycles. The van der Waals surface area contributed by atoms with Gasteiger partial charge in [0.1, 0.15) is 6.04 Å². The SMILES string of the molecule is O=C(NC1CCCC1)C(c1ccc(N2CCOCC2)cc1)N(Cc1ccccc1)C(=O)c1ccco1. The summed E-state index contributed by atoms with van der Waals surface area (Å²) >= 11 is 0. The first kappa shape index (κ1) is 24.1. The highest BCUT2D eigenvalue weighted by atomic mass is 16.5. The Kier molecular flexibility index (Phi) is 7.67. The summed E-state index contributed by atoms with van der Waals surface area (Å²) in [5, 5.41) is 3.23. The number of anilines is 1. The number of morpholine rings is 1. The largest absolute Gasteiger partial charge is 0.459 e. The molecule has 1 aliphatic carbocycles. The number of rotatable bonds is 8. The molecule has 7 heteroatoms. The number of nitrogens with zero attached hydrogens (tertiary/aromatic N) is 2. The summed E-state index contributed by atoms with van der Waals surface area (Å²) in [4.78, 5) is 31.4. The number of amides is 2. The van der Waals surface area contributed by atoms with E-state index in [1.165, 1.54) is 6.26 Å². The maximum absolute atomic E-state index is 13.8. The van der Waals surface area contributed by atoms with Crippen LogP contribution in [0.25, 0.3) is 0 Å². The molecular weight excluding hydrogens is 454 g/mol. The molecule has 1 unspecified atom stereocenters. The van der Waals surface area contributed by atoms with Gasteiger partial charge in [0.15, 0.2) is 5.76 Å². The van der Waals surface area contributed by atoms with E-state index < -0.39 is 6.04 Å². The van der Waals surface area contributed by atoms with Crippen LogP contribution >= 0.6 is 0 Å². The Morgan fingerprint density at radius 2 is 1.67 bits per heavy atom. The highest BCUT2D eigenvalue weighted by Gasteiger charge is 2.34. The molecule has 5 rings (SSSR count). The van der Waals surface area contributed by atoms with Crippen molar-refractivity contribution in [3.8, 4) is 0 Å². The summed E-state index contributed by atoms with van der Waals surface area (Å²) in [6, 6.07) is 20.5. The monoisotopic (exact) mass is 487 g/mol. The molecule has 2 amide bonds. The molecule has 2 aliphatic rings. The Hall–Kier alpha value is -3.58. The van der Waals surface area contributed by atoms with Gasteiger partial charge in [0.2, 0.25) is 5.91 Å². The van der Waals surface area contributed by atoms with Gasteiger partial charge in [0, 0.05) is 31.4 Å². The topological polar surface area (TPSA) is 75.0 Å². The fourth-order valence-corrected chi connectivity index (χ4v) is 5.11. The maximum Gasteiger partial charge on any atom is 0.290 e. The molecule has 2 aromatic carbocycles. The smallest absolute Gasteiger partial charge is 0.290 e. The first-order chi connectivity index (χ1) is 17.7. The summed E-state index contributed by atoms with van der Waals surface area (Å²) < 4.78 is 11.0. The van der Waals surface area contributed by atoms with Crippen molar-refractivity contribution in [1.82, 2.24) is 10.2 Å². The van der Waals surface area contributed by atoms with E-state index in [-0.39, 0.29) is 30.2 Å². The number of nitrogens with one attached hydrogen (secondary N) is 1. The van der Waals surface area contributed by atoms with Gasteiger partial charge in [-0.15, -0.1) is 0 Å². The van der Waals surface area contributed by atoms with E-state index in [1.54, 1.807) is 17.0 Å². The van der Waals surface area contributed by atoms with Gasteiger partial charge < -0.3 is 24.3 Å². The van der Waals surface area contributed by atoms with Gasteiger partial charge in [-0.2, -0.15) is 0 Å². The van der Waals surface area contributed by atoms with E-state index in [4.69, 9.17) is 9.15 Å². The minimum absolute atomic E-state index is 0.143. The number of hydrogen-bond acceptors (Lipinski definition) is 5. The van der Waals surface area contributed by atoms with Gasteiger partial charge in [-0.05, 0) is 48.2 Å². The second kappa shape index (κ2) is 11.4. The lowest BCUT2D eigenvalue weighted by molar-refractivity contribution is -0.126. The molecule has 7 nitrogen and oxygen atoms in total. The van der Waals surface area contributed by atoms with E-state index in [2.05, 4.69) is 10.2 Å². The van der Waals surface area contributed by atoms with Crippen molar-refractivity contribution in [2.45, 2.75) is 44.3 Å². The Labute approximate surface area is 212 Å². The van der Waals surface area contributed by atoms with Gasteiger partial charge >= 0.3 is 0 Å². The van der Waals surface area contributed by atoms with E-state index in [1.807, 2.05) is 54.6 Å². The number of ether oxygens (including phenoxy) is 1. The number of carbonyl (C=O) groups excluding carboxylic acids is 2. The fourth-order valence-electron chi connectivity index (χ4n) is 5.11. The van der Waals surface area contributed by atoms with Crippen molar-refractivity contribution in [3.63, 3.8) is 0 Å². The van der Waals surface area contributed by atoms with Gasteiger partial charge in [-0.25, -0.2) is 0 Å². The van der Waals surface area contributed by atoms with Crippen LogP contribution in [0.5, 0.6) is 0 Å². The highest BCUT2D eigenvalue weighted by Crippen LogP contribution is 2.29. The lowest BCUT2D eigenvalue weighted by atomic mass is 10.0. The predicted molar refractivity (Wildman–Crippen MR) is 138 cm³/mol. The van der Waals surface area contributed by atoms with E-state index in [0.717, 1.165) is 55.6 Å². The minimum atomic E-state index is -0.790. The van der Waals surface area contributed by atoms with Crippen LogP contribution in [0.2, 0.25) is 0 Å². The van der Waals surface area contributed by atoms with Crippen LogP contribution in [0.15, 0.2) is 77.4 Å². The summed E-state index contributed by atoms with van der Waals surface area (Å²) in [5.74, 6) is -0.251. The molecule has 36 heavy (non-hydrogen) atoms. The van der Waals surface area contributed by atoms with Crippen molar-refractivity contribution in [2.75, 3.05) is 31.2 Å². The van der Waals surface area contributed by atoms with Crippen LogP contribution in [0.4, 0.5) is 5.69 Å². The predicted octanol–water partition coefficient (Wildman–Crippen LogP) is 4.56. The second-order valence-corrected chi connectivity index (χ2v) is 9.48. The Bertz CT molecular complexity index is 1120. The van der Waals surface area contributed by atoms with Gasteiger partial charge in [-0.3, -0.25) is 9.59 Å². The average Bonchev–Trinajstić information content (AvgIpc) is 3.64. The summed E-state index contributed by atoms with van der Waals surface area (Å²) in [6.45, 7) is 3.37. The first-order valence-electron chi connectivity index (χ1n) is 12.8. The number of carbonyl (C=O) groups is 2. The molecule has 1 atom stereocenters. The van der Waals surface area contributed by atoms with Crippen molar-refractivity contribution in [3.05, 3.63) is 89.9 Å². The molecule has 2 fully saturated rings. The molecule has 3 aromatic rings. The number of benzene rings is 2. The van der Waals surface area contributed by atoms with Crippen molar-refractivity contribution >= 4 is 17.5 Å². The normalized spacial score (nSPS) is 17.1. The van der Waals surface area contributed by atoms with Gasteiger partial charge in [-0.1, -0.05) is 55.3 Å². The molecular formula is C29H33N3O4. The lowest BCUT2D eigenvalue weighted by Crippen LogP contribution is -2.45. The minimum Gasteiger partial charge on any atom is -0.459 e. The molecule has 0 bridgehead atoms. The summed E-state index contributed by atoms with van der Waals surface area (Å²) in [6.07, 6.45) is 5.66. The van der Waals surface area contributed by atoms with Crippen LogP contribution < -0.4 is 10.2 Å². The third-order valence-electron chi connectivity index (χ3n) is 7.04. The average molecular weight is 488 g/mol. The second-order valence-electron chi connectivity index (χ2n) is 9.48. The quantitative estimate of drug-likeness (QED) is 0.504. The standard InChI is InChI=1S/C29H33N3O4/c33-28(30-24-9-4-5-10-24)27(23-12-14-25(15-13-23)31-16-19-35-20-17-31)32(21-22-7-2-1-3-8-22)29(34)26-11-6-18-36-26/h1-3,6-8,11-15,18,24,27H,4-5,9-10,16-17,19-21H2,(H,30,33). The first-order valence-corrected chi connectivity index (χ1v) is 12.8. The van der Waals surface area contributed by atoms with E-state index in [9.17, 15) is 9.59 Å². The molecule has 0 radical (unpaired) electrons. The number of furan rings is 1. The Balaban J connectivity index is 1.49. The molecule has 1 N–H and O–H groups in total. The molecule has 1 saturated heterocycles. The van der Waals surface area contributed by atoms with Crippen LogP contribution in [0.3, 0.4) is 0 Å². The van der Waals surface area contributed by atoms with Gasteiger partial charge in [0.05, 0.1) is 19.5 Å². The highest BCUT2D eigenvalue weighted by molar-refractivity contribution is 5.96. The Morgan fingerprint density at radius 1 is 0.944 bits per heavy atom. The third-order valence-corrected chi connectivity index (χ3v) is 7.04. The fraction of sp³-hybridized carbons (Fsp3) is 0.379. The number of hydrogen-bond donors (Lipinski definition) is 1. The van der Waals surface area contributed by atoms with Gasteiger partial charge in [0.25, 0.3) is 5.91 Å². The molecule has 1 aliphatic heterocycles.